The van der Waals surface area contributed by atoms with Gasteiger partial charge in [-0.1, -0.05) is 13.3 Å². The standard InChI is InChI=1S/C5H9O3/c1-2-4(6)3-5(7)8/h4H,2-3H2,1H3,(H,7,8)/q-1/p-1. The fraction of sp³-hybridized carbons (Fsp3) is 0.800. The second-order valence-electron chi connectivity index (χ2n) is 1.61. The molecular formula is C5H8O3-2. The molecule has 0 spiro atoms. The molecule has 0 rings (SSSR count). The van der Waals surface area contributed by atoms with Gasteiger partial charge < -0.3 is 15.0 Å². The van der Waals surface area contributed by atoms with Crippen molar-refractivity contribution in [3.8, 4) is 0 Å². The molecule has 0 aliphatic rings. The zero-order valence-corrected chi connectivity index (χ0v) is 4.72. The van der Waals surface area contributed by atoms with Crippen LogP contribution in [0.3, 0.4) is 0 Å². The average molecular weight is 116 g/mol. The van der Waals surface area contributed by atoms with Gasteiger partial charge in [-0.2, -0.15) is 0 Å². The highest BCUT2D eigenvalue weighted by Crippen LogP contribution is 1.88. The van der Waals surface area contributed by atoms with Gasteiger partial charge in [-0.3, -0.25) is 0 Å². The van der Waals surface area contributed by atoms with Crippen LogP contribution < -0.4 is 10.2 Å². The molecule has 0 bridgehead atoms. The number of carboxylic acid groups (broad SMARTS) is 1. The molecule has 0 N–H and O–H groups in total. The third kappa shape index (κ3) is 3.61. The molecule has 3 nitrogen and oxygen atoms in total. The summed E-state index contributed by atoms with van der Waals surface area (Å²) in [6, 6.07) is 0. The van der Waals surface area contributed by atoms with Crippen molar-refractivity contribution < 1.29 is 15.0 Å². The van der Waals surface area contributed by atoms with Crippen LogP contribution in [0.5, 0.6) is 0 Å². The van der Waals surface area contributed by atoms with Crippen LogP contribution in [-0.2, 0) is 4.79 Å². The minimum absolute atomic E-state index is 0.355. The monoisotopic (exact) mass is 116 g/mol. The molecule has 0 heterocycles. The molecule has 0 aromatic carbocycles. The van der Waals surface area contributed by atoms with Crippen molar-refractivity contribution in [1.29, 1.82) is 0 Å². The van der Waals surface area contributed by atoms with Crippen LogP contribution >= 0.6 is 0 Å². The number of aliphatic carboxylic acids is 1. The molecular weight excluding hydrogens is 108 g/mol. The van der Waals surface area contributed by atoms with Crippen LogP contribution in [0.1, 0.15) is 19.8 Å². The van der Waals surface area contributed by atoms with Gasteiger partial charge in [0.05, 0.1) is 0 Å². The number of carboxylic acids is 1. The van der Waals surface area contributed by atoms with Crippen LogP contribution in [0.2, 0.25) is 0 Å². The van der Waals surface area contributed by atoms with Crippen molar-refractivity contribution in [2.75, 3.05) is 0 Å². The van der Waals surface area contributed by atoms with E-state index in [0.29, 0.717) is 6.42 Å². The number of carbonyl (C=O) groups is 1. The van der Waals surface area contributed by atoms with Gasteiger partial charge >= 0.3 is 0 Å². The Morgan fingerprint density at radius 3 is 2.38 bits per heavy atom. The first-order chi connectivity index (χ1) is 3.66. The Morgan fingerprint density at radius 1 is 1.75 bits per heavy atom. The van der Waals surface area contributed by atoms with Crippen molar-refractivity contribution in [2.24, 2.45) is 0 Å². The van der Waals surface area contributed by atoms with Gasteiger partial charge in [0.25, 0.3) is 0 Å². The number of rotatable bonds is 3. The van der Waals surface area contributed by atoms with E-state index in [4.69, 9.17) is 0 Å². The van der Waals surface area contributed by atoms with Gasteiger partial charge in [-0.25, -0.2) is 0 Å². The van der Waals surface area contributed by atoms with Crippen molar-refractivity contribution in [3.05, 3.63) is 0 Å². The Kier molecular flexibility index (Phi) is 3.19. The van der Waals surface area contributed by atoms with Crippen molar-refractivity contribution >= 4 is 5.97 Å². The molecule has 0 fully saturated rings. The summed E-state index contributed by atoms with van der Waals surface area (Å²) >= 11 is 0. The number of hydrogen-bond acceptors (Lipinski definition) is 3. The summed E-state index contributed by atoms with van der Waals surface area (Å²) in [4.78, 5) is 9.66. The third-order valence-electron chi connectivity index (χ3n) is 0.850. The quantitative estimate of drug-likeness (QED) is 0.440. The fourth-order valence-electron chi connectivity index (χ4n) is 0.330. The van der Waals surface area contributed by atoms with Gasteiger partial charge in [0.2, 0.25) is 0 Å². The second kappa shape index (κ2) is 3.43. The van der Waals surface area contributed by atoms with E-state index in [0.717, 1.165) is 0 Å². The average Bonchev–Trinajstić information content (AvgIpc) is 1.65. The topological polar surface area (TPSA) is 63.2 Å². The summed E-state index contributed by atoms with van der Waals surface area (Å²) in [5.41, 5.74) is 0. The Balaban J connectivity index is 3.24. The van der Waals surface area contributed by atoms with Gasteiger partial charge in [-0.15, -0.1) is 6.10 Å². The molecule has 48 valence electrons. The van der Waals surface area contributed by atoms with E-state index in [1.165, 1.54) is 0 Å². The number of hydrogen-bond donors (Lipinski definition) is 0. The van der Waals surface area contributed by atoms with E-state index in [2.05, 4.69) is 0 Å². The highest BCUT2D eigenvalue weighted by molar-refractivity contribution is 5.64. The third-order valence-corrected chi connectivity index (χ3v) is 0.850. The summed E-state index contributed by atoms with van der Waals surface area (Å²) in [7, 11) is 0. The summed E-state index contributed by atoms with van der Waals surface area (Å²) in [6.45, 7) is 1.65. The fourth-order valence-corrected chi connectivity index (χ4v) is 0.330. The predicted molar refractivity (Wildman–Crippen MR) is 23.7 cm³/mol. The van der Waals surface area contributed by atoms with E-state index in [1.807, 2.05) is 0 Å². The van der Waals surface area contributed by atoms with Crippen molar-refractivity contribution in [2.45, 2.75) is 25.9 Å². The highest BCUT2D eigenvalue weighted by atomic mass is 16.4. The van der Waals surface area contributed by atoms with Gasteiger partial charge in [0.15, 0.2) is 0 Å². The molecule has 0 radical (unpaired) electrons. The summed E-state index contributed by atoms with van der Waals surface area (Å²) in [5, 5.41) is 19.9. The lowest BCUT2D eigenvalue weighted by atomic mass is 10.2. The van der Waals surface area contributed by atoms with E-state index in [9.17, 15) is 15.0 Å². The first kappa shape index (κ1) is 7.43. The van der Waals surface area contributed by atoms with Gasteiger partial charge in [0.1, 0.15) is 0 Å². The largest absolute Gasteiger partial charge is 0.852 e. The second-order valence-corrected chi connectivity index (χ2v) is 1.61. The Bertz CT molecular complexity index is 79.7. The summed E-state index contributed by atoms with van der Waals surface area (Å²) in [6.07, 6.45) is -0.996. The molecule has 0 saturated carbocycles. The Hall–Kier alpha value is -0.570. The lowest BCUT2D eigenvalue weighted by Crippen LogP contribution is -2.33. The SMILES string of the molecule is CCC([O-])CC(=O)[O-]. The van der Waals surface area contributed by atoms with E-state index in [1.54, 1.807) is 6.92 Å². The molecule has 0 aromatic heterocycles. The molecule has 1 atom stereocenters. The summed E-state index contributed by atoms with van der Waals surface area (Å²) in [5.74, 6) is -1.26. The highest BCUT2D eigenvalue weighted by Gasteiger charge is 1.88. The zero-order chi connectivity index (χ0) is 6.57. The maximum atomic E-state index is 10.3. The van der Waals surface area contributed by atoms with Crippen LogP contribution in [0, 0.1) is 0 Å². The number of carbonyl (C=O) groups excluding carboxylic acids is 1. The molecule has 0 aliphatic heterocycles. The molecule has 0 aliphatic carbocycles. The zero-order valence-electron chi connectivity index (χ0n) is 4.72. The Morgan fingerprint density at radius 2 is 2.25 bits per heavy atom. The Labute approximate surface area is 47.9 Å². The smallest absolute Gasteiger partial charge is 0.0403 e. The molecule has 1 unspecified atom stereocenters. The van der Waals surface area contributed by atoms with Gasteiger partial charge in [-0.05, 0) is 6.42 Å². The van der Waals surface area contributed by atoms with E-state index < -0.39 is 12.1 Å². The van der Waals surface area contributed by atoms with E-state index >= 15 is 0 Å². The molecule has 0 saturated heterocycles. The first-order valence-electron chi connectivity index (χ1n) is 2.52. The van der Waals surface area contributed by atoms with Crippen LogP contribution in [-0.4, -0.2) is 12.1 Å². The van der Waals surface area contributed by atoms with Crippen LogP contribution in [0.4, 0.5) is 0 Å². The molecule has 3 heteroatoms. The lowest BCUT2D eigenvalue weighted by molar-refractivity contribution is -0.424. The minimum Gasteiger partial charge on any atom is -0.852 e. The van der Waals surface area contributed by atoms with Gasteiger partial charge in [0, 0.05) is 5.97 Å². The maximum Gasteiger partial charge on any atom is 0.0403 e. The predicted octanol–water partition coefficient (Wildman–Crippen LogP) is -1.73. The van der Waals surface area contributed by atoms with E-state index in [-0.39, 0.29) is 6.42 Å². The van der Waals surface area contributed by atoms with Crippen LogP contribution in [0.25, 0.3) is 0 Å². The normalized spacial score (nSPS) is 13.2. The van der Waals surface area contributed by atoms with Crippen LogP contribution in [0.15, 0.2) is 0 Å². The van der Waals surface area contributed by atoms with Crippen molar-refractivity contribution in [1.82, 2.24) is 0 Å². The molecule has 8 heavy (non-hydrogen) atoms. The first-order valence-corrected chi connectivity index (χ1v) is 2.52. The molecule has 0 amide bonds. The maximum absolute atomic E-state index is 10.3. The molecule has 0 aromatic rings. The summed E-state index contributed by atoms with van der Waals surface area (Å²) < 4.78 is 0. The minimum atomic E-state index is -1.26. The van der Waals surface area contributed by atoms with Crippen molar-refractivity contribution in [3.63, 3.8) is 0 Å². The lowest BCUT2D eigenvalue weighted by Gasteiger charge is -2.19.